The van der Waals surface area contributed by atoms with Gasteiger partial charge in [0, 0.05) is 19.2 Å². The first-order valence-electron chi connectivity index (χ1n) is 7.48. The first-order chi connectivity index (χ1) is 10.6. The Hall–Kier alpha value is -1.89. The fourth-order valence-electron chi connectivity index (χ4n) is 2.90. The molecule has 1 aliphatic rings. The maximum Gasteiger partial charge on any atom is 0.295 e. The monoisotopic (exact) mass is 311 g/mol. The number of nitrogens with one attached hydrogen (secondary N) is 1. The normalized spacial score (nSPS) is 15.9. The Morgan fingerprint density at radius 2 is 2.14 bits per heavy atom. The van der Waals surface area contributed by atoms with Crippen LogP contribution in [-0.2, 0) is 0 Å². The number of rotatable bonds is 6. The molecule has 1 aromatic rings. The van der Waals surface area contributed by atoms with Gasteiger partial charge in [0.1, 0.15) is 5.69 Å². The molecule has 22 heavy (non-hydrogen) atoms. The molecule has 0 aromatic heterocycles. The molecule has 1 aromatic carbocycles. The predicted molar refractivity (Wildman–Crippen MR) is 83.1 cm³/mol. The average molecular weight is 311 g/mol. The Morgan fingerprint density at radius 3 is 2.68 bits per heavy atom. The van der Waals surface area contributed by atoms with Gasteiger partial charge in [-0.3, -0.25) is 10.1 Å². The smallest absolute Gasteiger partial charge is 0.295 e. The van der Waals surface area contributed by atoms with Crippen LogP contribution in [0.2, 0.25) is 0 Å². The summed E-state index contributed by atoms with van der Waals surface area (Å²) in [6, 6.07) is 2.38. The van der Waals surface area contributed by atoms with Crippen molar-refractivity contribution in [3.8, 4) is 5.75 Å². The van der Waals surface area contributed by atoms with Crippen LogP contribution < -0.4 is 15.0 Å². The minimum Gasteiger partial charge on any atom is -0.494 e. The number of hydrogen-bond donors (Lipinski definition) is 1. The van der Waals surface area contributed by atoms with Crippen LogP contribution in [0.4, 0.5) is 15.8 Å². The summed E-state index contributed by atoms with van der Waals surface area (Å²) in [4.78, 5) is 12.6. The van der Waals surface area contributed by atoms with Gasteiger partial charge in [-0.15, -0.1) is 0 Å². The lowest BCUT2D eigenvalue weighted by Crippen LogP contribution is -2.34. The summed E-state index contributed by atoms with van der Waals surface area (Å²) in [5.74, 6) is -0.0372. The first-order valence-corrected chi connectivity index (χ1v) is 7.48. The molecule has 0 atom stereocenters. The molecular formula is C15H22FN3O3. The molecule has 1 fully saturated rings. The molecule has 7 heteroatoms. The second-order valence-electron chi connectivity index (χ2n) is 5.56. The molecule has 1 aliphatic heterocycles. The highest BCUT2D eigenvalue weighted by Crippen LogP contribution is 2.36. The van der Waals surface area contributed by atoms with Crippen LogP contribution in [0.1, 0.15) is 19.3 Å². The molecule has 0 radical (unpaired) electrons. The Labute approximate surface area is 129 Å². The Bertz CT molecular complexity index is 531. The number of ether oxygens (including phenoxy) is 1. The van der Waals surface area contributed by atoms with Gasteiger partial charge in [0.2, 0.25) is 0 Å². The van der Waals surface area contributed by atoms with Crippen molar-refractivity contribution in [2.45, 2.75) is 19.3 Å². The van der Waals surface area contributed by atoms with Crippen LogP contribution in [0.3, 0.4) is 0 Å². The molecule has 1 N–H and O–H groups in total. The fourth-order valence-corrected chi connectivity index (χ4v) is 2.90. The zero-order valence-electron chi connectivity index (χ0n) is 13.0. The Kier molecular flexibility index (Phi) is 5.54. The number of hydrogen-bond acceptors (Lipinski definition) is 5. The van der Waals surface area contributed by atoms with E-state index in [0.717, 1.165) is 45.0 Å². The molecule has 0 spiro atoms. The van der Waals surface area contributed by atoms with Gasteiger partial charge in [-0.05, 0) is 38.8 Å². The molecular weight excluding hydrogens is 289 g/mol. The number of halogens is 1. The quantitative estimate of drug-likeness (QED) is 0.646. The van der Waals surface area contributed by atoms with E-state index in [9.17, 15) is 14.5 Å². The summed E-state index contributed by atoms with van der Waals surface area (Å²) < 4.78 is 18.7. The third kappa shape index (κ3) is 3.65. The highest BCUT2D eigenvalue weighted by atomic mass is 19.1. The van der Waals surface area contributed by atoms with Crippen molar-refractivity contribution in [2.24, 2.45) is 5.92 Å². The molecule has 0 aliphatic carbocycles. The molecule has 0 amide bonds. The second kappa shape index (κ2) is 7.40. The standard InChI is InChI=1S/C15H22FN3O3/c1-17-6-3-11-4-7-18(8-5-11)13-10-15(22-2)12(16)9-14(13)19(20)21/h9-11,17H,3-8H2,1-2H3. The van der Waals surface area contributed by atoms with Crippen LogP contribution in [0, 0.1) is 21.8 Å². The predicted octanol–water partition coefficient (Wildman–Crippen LogP) is 2.57. The summed E-state index contributed by atoms with van der Waals surface area (Å²) >= 11 is 0. The van der Waals surface area contributed by atoms with E-state index in [4.69, 9.17) is 4.74 Å². The number of benzene rings is 1. The van der Waals surface area contributed by atoms with Crippen LogP contribution >= 0.6 is 0 Å². The van der Waals surface area contributed by atoms with E-state index >= 15 is 0 Å². The molecule has 0 saturated carbocycles. The number of piperidine rings is 1. The van der Waals surface area contributed by atoms with Crippen molar-refractivity contribution in [3.05, 3.63) is 28.1 Å². The second-order valence-corrected chi connectivity index (χ2v) is 5.56. The van der Waals surface area contributed by atoms with Crippen LogP contribution in [0.25, 0.3) is 0 Å². The van der Waals surface area contributed by atoms with E-state index in [-0.39, 0.29) is 11.4 Å². The van der Waals surface area contributed by atoms with Gasteiger partial charge >= 0.3 is 0 Å². The van der Waals surface area contributed by atoms with Crippen LogP contribution in [0.5, 0.6) is 5.75 Å². The summed E-state index contributed by atoms with van der Waals surface area (Å²) in [5, 5.41) is 14.3. The van der Waals surface area contributed by atoms with Gasteiger partial charge < -0.3 is 15.0 Å². The van der Waals surface area contributed by atoms with Crippen molar-refractivity contribution in [2.75, 3.05) is 38.7 Å². The van der Waals surface area contributed by atoms with Crippen molar-refractivity contribution in [3.63, 3.8) is 0 Å². The largest absolute Gasteiger partial charge is 0.494 e. The van der Waals surface area contributed by atoms with Gasteiger partial charge in [-0.1, -0.05) is 0 Å². The molecule has 6 nitrogen and oxygen atoms in total. The van der Waals surface area contributed by atoms with Gasteiger partial charge in [-0.25, -0.2) is 4.39 Å². The van der Waals surface area contributed by atoms with E-state index in [1.54, 1.807) is 0 Å². The lowest BCUT2D eigenvalue weighted by Gasteiger charge is -2.33. The van der Waals surface area contributed by atoms with E-state index in [0.29, 0.717) is 11.6 Å². The van der Waals surface area contributed by atoms with Crippen LogP contribution in [-0.4, -0.2) is 38.7 Å². The molecule has 1 saturated heterocycles. The molecule has 122 valence electrons. The van der Waals surface area contributed by atoms with Crippen molar-refractivity contribution in [1.29, 1.82) is 0 Å². The molecule has 1 heterocycles. The number of nitrogens with zero attached hydrogens (tertiary/aromatic N) is 2. The molecule has 0 unspecified atom stereocenters. The summed E-state index contributed by atoms with van der Waals surface area (Å²) in [7, 11) is 3.29. The number of nitro benzene ring substituents is 1. The van der Waals surface area contributed by atoms with E-state index in [2.05, 4.69) is 5.32 Å². The zero-order chi connectivity index (χ0) is 16.1. The topological polar surface area (TPSA) is 67.6 Å². The van der Waals surface area contributed by atoms with Crippen molar-refractivity contribution < 1.29 is 14.1 Å². The first kappa shape index (κ1) is 16.5. The Morgan fingerprint density at radius 1 is 1.45 bits per heavy atom. The highest BCUT2D eigenvalue weighted by Gasteiger charge is 2.26. The zero-order valence-corrected chi connectivity index (χ0v) is 13.0. The summed E-state index contributed by atoms with van der Waals surface area (Å²) in [6.45, 7) is 2.46. The van der Waals surface area contributed by atoms with E-state index < -0.39 is 10.7 Å². The van der Waals surface area contributed by atoms with Crippen molar-refractivity contribution in [1.82, 2.24) is 5.32 Å². The minimum absolute atomic E-state index is 0.0397. The lowest BCUT2D eigenvalue weighted by molar-refractivity contribution is -0.384. The number of nitro groups is 1. The number of anilines is 1. The number of methoxy groups -OCH3 is 1. The summed E-state index contributed by atoms with van der Waals surface area (Å²) in [5.41, 5.74) is 0.238. The molecule has 2 rings (SSSR count). The highest BCUT2D eigenvalue weighted by molar-refractivity contribution is 5.66. The van der Waals surface area contributed by atoms with Crippen molar-refractivity contribution >= 4 is 11.4 Å². The van der Waals surface area contributed by atoms with Gasteiger partial charge in [0.15, 0.2) is 11.6 Å². The van der Waals surface area contributed by atoms with Gasteiger partial charge in [0.05, 0.1) is 18.1 Å². The maximum absolute atomic E-state index is 13.7. The van der Waals surface area contributed by atoms with E-state index in [1.807, 2.05) is 11.9 Å². The summed E-state index contributed by atoms with van der Waals surface area (Å²) in [6.07, 6.45) is 3.08. The van der Waals surface area contributed by atoms with Gasteiger partial charge in [0.25, 0.3) is 5.69 Å². The third-order valence-electron chi connectivity index (χ3n) is 4.20. The van der Waals surface area contributed by atoms with E-state index in [1.165, 1.54) is 13.2 Å². The average Bonchev–Trinajstić information content (AvgIpc) is 2.53. The Balaban J connectivity index is 2.16. The minimum atomic E-state index is -0.707. The lowest BCUT2D eigenvalue weighted by atomic mass is 9.93. The fraction of sp³-hybridized carbons (Fsp3) is 0.600. The maximum atomic E-state index is 13.7. The van der Waals surface area contributed by atoms with Gasteiger partial charge in [-0.2, -0.15) is 0 Å². The van der Waals surface area contributed by atoms with Crippen LogP contribution in [0.15, 0.2) is 12.1 Å². The third-order valence-corrected chi connectivity index (χ3v) is 4.20. The molecule has 0 bridgehead atoms. The SMILES string of the molecule is CNCCC1CCN(c2cc(OC)c(F)cc2[N+](=O)[O-])CC1.